The van der Waals surface area contributed by atoms with Gasteiger partial charge in [-0.1, -0.05) is 18.2 Å². The zero-order valence-electron chi connectivity index (χ0n) is 13.2. The van der Waals surface area contributed by atoms with Crippen molar-refractivity contribution in [2.45, 2.75) is 32.8 Å². The molecule has 1 aliphatic rings. The molecule has 0 fully saturated rings. The van der Waals surface area contributed by atoms with Crippen molar-refractivity contribution in [3.05, 3.63) is 46.8 Å². The Hall–Kier alpha value is -2.30. The monoisotopic (exact) mass is 299 g/mol. The van der Waals surface area contributed by atoms with Crippen molar-refractivity contribution in [3.8, 4) is 5.75 Å². The molecule has 0 saturated heterocycles. The number of amides is 1. The molecule has 1 atom stereocenters. The van der Waals surface area contributed by atoms with Crippen LogP contribution < -0.4 is 10.1 Å². The second-order valence-electron chi connectivity index (χ2n) is 5.81. The van der Waals surface area contributed by atoms with Crippen molar-refractivity contribution in [1.82, 2.24) is 15.1 Å². The Labute approximate surface area is 130 Å². The standard InChI is InChI=1S/C17H21N3O2/c1-11-15(12(2)20(3)19-11)9-17(21)18-10-14-8-13-6-4-5-7-16(13)22-14/h4-7,14H,8-10H2,1-3H3,(H,18,21). The second kappa shape index (κ2) is 5.83. The van der Waals surface area contributed by atoms with Crippen LogP contribution in [0.3, 0.4) is 0 Å². The number of nitrogens with zero attached hydrogens (tertiary/aromatic N) is 2. The van der Waals surface area contributed by atoms with Crippen molar-refractivity contribution in [1.29, 1.82) is 0 Å². The Balaban J connectivity index is 1.54. The summed E-state index contributed by atoms with van der Waals surface area (Å²) in [4.78, 5) is 12.2. The molecule has 1 unspecified atom stereocenters. The molecular formula is C17H21N3O2. The number of carbonyl (C=O) groups excluding carboxylic acids is 1. The van der Waals surface area contributed by atoms with Crippen molar-refractivity contribution < 1.29 is 9.53 Å². The molecule has 5 heteroatoms. The number of para-hydroxylation sites is 1. The highest BCUT2D eigenvalue weighted by molar-refractivity contribution is 5.79. The minimum atomic E-state index is 0.0127. The van der Waals surface area contributed by atoms with E-state index < -0.39 is 0 Å². The summed E-state index contributed by atoms with van der Waals surface area (Å²) in [7, 11) is 1.90. The number of aryl methyl sites for hydroxylation is 2. The van der Waals surface area contributed by atoms with Gasteiger partial charge in [0.05, 0.1) is 18.7 Å². The van der Waals surface area contributed by atoms with Gasteiger partial charge < -0.3 is 10.1 Å². The molecule has 5 nitrogen and oxygen atoms in total. The van der Waals surface area contributed by atoms with Crippen molar-refractivity contribution >= 4 is 5.91 Å². The minimum Gasteiger partial charge on any atom is -0.488 e. The van der Waals surface area contributed by atoms with Gasteiger partial charge in [-0.05, 0) is 25.5 Å². The van der Waals surface area contributed by atoms with Gasteiger partial charge in [-0.25, -0.2) is 0 Å². The third kappa shape index (κ3) is 2.84. The first-order valence-electron chi connectivity index (χ1n) is 7.55. The molecule has 2 heterocycles. The maximum atomic E-state index is 12.2. The fraction of sp³-hybridized carbons (Fsp3) is 0.412. The maximum Gasteiger partial charge on any atom is 0.224 e. The van der Waals surface area contributed by atoms with Crippen LogP contribution in [0.25, 0.3) is 0 Å². The average molecular weight is 299 g/mol. The van der Waals surface area contributed by atoms with E-state index in [-0.39, 0.29) is 12.0 Å². The lowest BCUT2D eigenvalue weighted by molar-refractivity contribution is -0.120. The molecule has 3 rings (SSSR count). The first-order chi connectivity index (χ1) is 10.5. The van der Waals surface area contributed by atoms with E-state index in [1.165, 1.54) is 5.56 Å². The number of aromatic nitrogens is 2. The number of benzene rings is 1. The van der Waals surface area contributed by atoms with E-state index in [2.05, 4.69) is 16.5 Å². The molecule has 1 aromatic heterocycles. The van der Waals surface area contributed by atoms with E-state index in [9.17, 15) is 4.79 Å². The highest BCUT2D eigenvalue weighted by Crippen LogP contribution is 2.27. The number of rotatable bonds is 4. The zero-order chi connectivity index (χ0) is 15.7. The average Bonchev–Trinajstić information content (AvgIpc) is 3.01. The number of hydrogen-bond acceptors (Lipinski definition) is 3. The topological polar surface area (TPSA) is 56.2 Å². The quantitative estimate of drug-likeness (QED) is 0.935. The summed E-state index contributed by atoms with van der Waals surface area (Å²) in [5.41, 5.74) is 4.17. The predicted molar refractivity (Wildman–Crippen MR) is 84.0 cm³/mol. The molecule has 22 heavy (non-hydrogen) atoms. The van der Waals surface area contributed by atoms with Crippen LogP contribution in [0.5, 0.6) is 5.75 Å². The largest absolute Gasteiger partial charge is 0.488 e. The van der Waals surface area contributed by atoms with Gasteiger partial charge in [-0.15, -0.1) is 0 Å². The first-order valence-corrected chi connectivity index (χ1v) is 7.55. The van der Waals surface area contributed by atoms with E-state index in [1.807, 2.05) is 43.8 Å². The van der Waals surface area contributed by atoms with Crippen LogP contribution >= 0.6 is 0 Å². The number of carbonyl (C=O) groups is 1. The molecule has 1 N–H and O–H groups in total. The van der Waals surface area contributed by atoms with Gasteiger partial charge in [-0.2, -0.15) is 5.10 Å². The Morgan fingerprint density at radius 2 is 2.18 bits per heavy atom. The van der Waals surface area contributed by atoms with Gasteiger partial charge in [-0.3, -0.25) is 9.48 Å². The minimum absolute atomic E-state index is 0.0127. The smallest absolute Gasteiger partial charge is 0.224 e. The van der Waals surface area contributed by atoms with Gasteiger partial charge in [0.1, 0.15) is 11.9 Å². The summed E-state index contributed by atoms with van der Waals surface area (Å²) >= 11 is 0. The molecule has 116 valence electrons. The van der Waals surface area contributed by atoms with E-state index >= 15 is 0 Å². The maximum absolute atomic E-state index is 12.2. The van der Waals surface area contributed by atoms with Gasteiger partial charge in [0.25, 0.3) is 0 Å². The highest BCUT2D eigenvalue weighted by atomic mass is 16.5. The lowest BCUT2D eigenvalue weighted by atomic mass is 10.1. The fourth-order valence-corrected chi connectivity index (χ4v) is 2.89. The van der Waals surface area contributed by atoms with E-state index in [4.69, 9.17) is 4.74 Å². The third-order valence-electron chi connectivity index (χ3n) is 4.24. The summed E-state index contributed by atoms with van der Waals surface area (Å²) in [5.74, 6) is 0.944. The molecule has 0 saturated carbocycles. The third-order valence-corrected chi connectivity index (χ3v) is 4.24. The Bertz CT molecular complexity index is 681. The van der Waals surface area contributed by atoms with Crippen LogP contribution in [0.1, 0.15) is 22.5 Å². The summed E-state index contributed by atoms with van der Waals surface area (Å²) in [6.45, 7) is 4.46. The summed E-state index contributed by atoms with van der Waals surface area (Å²) in [5, 5.41) is 7.31. The molecule has 2 aromatic rings. The Morgan fingerprint density at radius 1 is 1.41 bits per heavy atom. The highest BCUT2D eigenvalue weighted by Gasteiger charge is 2.23. The van der Waals surface area contributed by atoms with Crippen molar-refractivity contribution in [3.63, 3.8) is 0 Å². The van der Waals surface area contributed by atoms with Gasteiger partial charge in [0.15, 0.2) is 0 Å². The molecular weight excluding hydrogens is 278 g/mol. The predicted octanol–water partition coefficient (Wildman–Crippen LogP) is 1.70. The zero-order valence-corrected chi connectivity index (χ0v) is 13.2. The number of fused-ring (bicyclic) bond motifs is 1. The summed E-state index contributed by atoms with van der Waals surface area (Å²) < 4.78 is 7.64. The van der Waals surface area contributed by atoms with Gasteiger partial charge in [0, 0.05) is 24.7 Å². The van der Waals surface area contributed by atoms with Crippen LogP contribution in [0.4, 0.5) is 0 Å². The van der Waals surface area contributed by atoms with Crippen LogP contribution in [0.2, 0.25) is 0 Å². The summed E-state index contributed by atoms with van der Waals surface area (Å²) in [6, 6.07) is 8.02. The van der Waals surface area contributed by atoms with Crippen LogP contribution in [-0.2, 0) is 24.7 Å². The summed E-state index contributed by atoms with van der Waals surface area (Å²) in [6.07, 6.45) is 1.24. The van der Waals surface area contributed by atoms with Crippen molar-refractivity contribution in [2.75, 3.05) is 6.54 Å². The molecule has 0 aliphatic carbocycles. The van der Waals surface area contributed by atoms with Gasteiger partial charge >= 0.3 is 0 Å². The second-order valence-corrected chi connectivity index (χ2v) is 5.81. The van der Waals surface area contributed by atoms with Gasteiger partial charge in [0.2, 0.25) is 5.91 Å². The molecule has 0 bridgehead atoms. The van der Waals surface area contributed by atoms with E-state index in [1.54, 1.807) is 0 Å². The normalized spacial score (nSPS) is 16.2. The SMILES string of the molecule is Cc1nn(C)c(C)c1CC(=O)NCC1Cc2ccccc2O1. The van der Waals surface area contributed by atoms with Crippen molar-refractivity contribution in [2.24, 2.45) is 7.05 Å². The lowest BCUT2D eigenvalue weighted by Gasteiger charge is -2.12. The van der Waals surface area contributed by atoms with E-state index in [0.29, 0.717) is 13.0 Å². The number of hydrogen-bond donors (Lipinski definition) is 1. The molecule has 1 aliphatic heterocycles. The molecule has 0 radical (unpaired) electrons. The molecule has 1 amide bonds. The number of ether oxygens (including phenoxy) is 1. The molecule has 1 aromatic carbocycles. The Kier molecular flexibility index (Phi) is 3.88. The Morgan fingerprint density at radius 3 is 2.86 bits per heavy atom. The van der Waals surface area contributed by atoms with Crippen LogP contribution in [0.15, 0.2) is 24.3 Å². The number of nitrogens with one attached hydrogen (secondary N) is 1. The fourth-order valence-electron chi connectivity index (χ4n) is 2.89. The lowest BCUT2D eigenvalue weighted by Crippen LogP contribution is -2.35. The van der Waals surface area contributed by atoms with E-state index in [0.717, 1.165) is 29.1 Å². The molecule has 0 spiro atoms. The first kappa shape index (κ1) is 14.6. The van der Waals surface area contributed by atoms with Crippen LogP contribution in [-0.4, -0.2) is 28.3 Å². The van der Waals surface area contributed by atoms with Crippen LogP contribution in [0, 0.1) is 13.8 Å².